The van der Waals surface area contributed by atoms with Crippen molar-refractivity contribution in [1.29, 1.82) is 0 Å². The lowest BCUT2D eigenvalue weighted by Crippen LogP contribution is -2.20. The lowest BCUT2D eigenvalue weighted by atomic mass is 9.78. The number of allylic oxidation sites excluding steroid dienone is 3. The summed E-state index contributed by atoms with van der Waals surface area (Å²) in [5, 5.41) is 0. The van der Waals surface area contributed by atoms with Crippen molar-refractivity contribution in [2.75, 3.05) is 14.1 Å². The van der Waals surface area contributed by atoms with E-state index in [1.165, 1.54) is 102 Å². The van der Waals surface area contributed by atoms with Crippen LogP contribution in [0.5, 0.6) is 0 Å². The normalized spacial score (nSPS) is 13.8. The second-order valence-corrected chi connectivity index (χ2v) is 8.72. The molecule has 0 amide bonds. The van der Waals surface area contributed by atoms with E-state index in [1.807, 2.05) is 0 Å². The molecule has 0 aromatic rings. The topological polar surface area (TPSA) is 3.24 Å². The molecule has 1 heteroatoms. The van der Waals surface area contributed by atoms with Gasteiger partial charge >= 0.3 is 0 Å². The van der Waals surface area contributed by atoms with Gasteiger partial charge in [-0.1, -0.05) is 104 Å². The molecule has 0 fully saturated rings. The summed E-state index contributed by atoms with van der Waals surface area (Å²) in [6, 6.07) is 0. The number of nitrogens with zero attached hydrogens (tertiary/aromatic N) is 1. The van der Waals surface area contributed by atoms with E-state index < -0.39 is 0 Å². The highest BCUT2D eigenvalue weighted by Gasteiger charge is 2.21. The van der Waals surface area contributed by atoms with Crippen LogP contribution in [0.1, 0.15) is 117 Å². The predicted molar refractivity (Wildman–Crippen MR) is 125 cm³/mol. The van der Waals surface area contributed by atoms with Crippen LogP contribution in [0.4, 0.5) is 0 Å². The minimum Gasteiger partial charge on any atom is -0.381 e. The van der Waals surface area contributed by atoms with Gasteiger partial charge in [0.1, 0.15) is 0 Å². The molecule has 27 heavy (non-hydrogen) atoms. The van der Waals surface area contributed by atoms with Crippen LogP contribution in [-0.4, -0.2) is 19.0 Å². The summed E-state index contributed by atoms with van der Waals surface area (Å²) >= 11 is 0. The standard InChI is InChI=1S/C26H51N/c1-7-10-13-15-16-17-19-22-26(23-24(4)27(5)6)25(20-12-9-3)21-18-14-11-8-2/h16-17,25-26H,4,7-15,18-23H2,1-3,5-6H3/b17-16+. The Balaban J connectivity index is 4.72. The van der Waals surface area contributed by atoms with Crippen molar-refractivity contribution in [3.63, 3.8) is 0 Å². The van der Waals surface area contributed by atoms with E-state index in [-0.39, 0.29) is 0 Å². The van der Waals surface area contributed by atoms with Gasteiger partial charge in [0.15, 0.2) is 0 Å². The summed E-state index contributed by atoms with van der Waals surface area (Å²) < 4.78 is 0. The average molecular weight is 378 g/mol. The zero-order chi connectivity index (χ0) is 20.3. The molecule has 160 valence electrons. The van der Waals surface area contributed by atoms with Crippen LogP contribution in [0.15, 0.2) is 24.4 Å². The van der Waals surface area contributed by atoms with Gasteiger partial charge in [-0.25, -0.2) is 0 Å². The highest BCUT2D eigenvalue weighted by molar-refractivity contribution is 4.95. The molecule has 0 aliphatic heterocycles. The first-order chi connectivity index (χ1) is 13.1. The van der Waals surface area contributed by atoms with Gasteiger partial charge < -0.3 is 4.90 Å². The van der Waals surface area contributed by atoms with Gasteiger partial charge in [0.2, 0.25) is 0 Å². The quantitative estimate of drug-likeness (QED) is 0.160. The number of hydrogen-bond donors (Lipinski definition) is 0. The third-order valence-electron chi connectivity index (χ3n) is 6.00. The molecular formula is C26H51N. The third-order valence-corrected chi connectivity index (χ3v) is 6.00. The Morgan fingerprint density at radius 2 is 1.30 bits per heavy atom. The molecule has 0 N–H and O–H groups in total. The Hall–Kier alpha value is -0.720. The molecule has 0 bridgehead atoms. The maximum atomic E-state index is 4.35. The molecule has 0 saturated heterocycles. The molecule has 2 atom stereocenters. The lowest BCUT2D eigenvalue weighted by Gasteiger charge is -2.30. The average Bonchev–Trinajstić information content (AvgIpc) is 2.65. The first kappa shape index (κ1) is 26.3. The zero-order valence-electron chi connectivity index (χ0n) is 19.6. The highest BCUT2D eigenvalue weighted by atomic mass is 15.1. The van der Waals surface area contributed by atoms with Crippen LogP contribution >= 0.6 is 0 Å². The van der Waals surface area contributed by atoms with Crippen LogP contribution < -0.4 is 0 Å². The van der Waals surface area contributed by atoms with E-state index in [0.717, 1.165) is 11.8 Å². The molecule has 0 rings (SSSR count). The fraction of sp³-hybridized carbons (Fsp3) is 0.846. The molecule has 2 unspecified atom stereocenters. The molecule has 0 saturated carbocycles. The van der Waals surface area contributed by atoms with Gasteiger partial charge in [-0.05, 0) is 43.9 Å². The molecule has 0 aliphatic rings. The van der Waals surface area contributed by atoms with Crippen LogP contribution in [0, 0.1) is 11.8 Å². The molecule has 0 aromatic carbocycles. The molecular weight excluding hydrogens is 326 g/mol. The van der Waals surface area contributed by atoms with E-state index in [0.29, 0.717) is 0 Å². The van der Waals surface area contributed by atoms with Crippen molar-refractivity contribution in [2.24, 2.45) is 11.8 Å². The number of unbranched alkanes of at least 4 members (excludes halogenated alkanes) is 7. The predicted octanol–water partition coefficient (Wildman–Crippen LogP) is 8.76. The van der Waals surface area contributed by atoms with Gasteiger partial charge in [0, 0.05) is 19.8 Å². The Labute approximate surface area is 172 Å². The molecule has 0 radical (unpaired) electrons. The maximum Gasteiger partial charge on any atom is 0.00579 e. The summed E-state index contributed by atoms with van der Waals surface area (Å²) in [6.45, 7) is 11.3. The van der Waals surface area contributed by atoms with Crippen molar-refractivity contribution in [3.05, 3.63) is 24.4 Å². The second-order valence-electron chi connectivity index (χ2n) is 8.72. The van der Waals surface area contributed by atoms with Crippen LogP contribution in [-0.2, 0) is 0 Å². The van der Waals surface area contributed by atoms with Gasteiger partial charge in [-0.2, -0.15) is 0 Å². The first-order valence-electron chi connectivity index (χ1n) is 12.1. The first-order valence-corrected chi connectivity index (χ1v) is 12.1. The molecule has 0 aliphatic carbocycles. The van der Waals surface area contributed by atoms with E-state index >= 15 is 0 Å². The molecule has 1 nitrogen and oxygen atoms in total. The van der Waals surface area contributed by atoms with Gasteiger partial charge in [-0.15, -0.1) is 0 Å². The third kappa shape index (κ3) is 14.9. The van der Waals surface area contributed by atoms with Crippen molar-refractivity contribution in [1.82, 2.24) is 4.90 Å². The minimum atomic E-state index is 0.799. The van der Waals surface area contributed by atoms with Crippen molar-refractivity contribution in [3.8, 4) is 0 Å². The van der Waals surface area contributed by atoms with Crippen molar-refractivity contribution >= 4 is 0 Å². The fourth-order valence-electron chi connectivity index (χ4n) is 3.96. The van der Waals surface area contributed by atoms with Gasteiger partial charge in [0.05, 0.1) is 0 Å². The number of rotatable bonds is 19. The minimum absolute atomic E-state index is 0.799. The van der Waals surface area contributed by atoms with Crippen LogP contribution in [0.2, 0.25) is 0 Å². The monoisotopic (exact) mass is 377 g/mol. The molecule has 0 aromatic heterocycles. The summed E-state index contributed by atoms with van der Waals surface area (Å²) in [4.78, 5) is 2.22. The van der Waals surface area contributed by atoms with Crippen LogP contribution in [0.25, 0.3) is 0 Å². The summed E-state index contributed by atoms with van der Waals surface area (Å²) in [5.74, 6) is 1.68. The van der Waals surface area contributed by atoms with E-state index in [1.54, 1.807) is 0 Å². The molecule has 0 heterocycles. The summed E-state index contributed by atoms with van der Waals surface area (Å²) in [6.07, 6.45) is 25.0. The highest BCUT2D eigenvalue weighted by Crippen LogP contribution is 2.33. The Kier molecular flexibility index (Phi) is 18.1. The smallest absolute Gasteiger partial charge is 0.00579 e. The second kappa shape index (κ2) is 18.6. The fourth-order valence-corrected chi connectivity index (χ4v) is 3.96. The molecule has 0 spiro atoms. The largest absolute Gasteiger partial charge is 0.381 e. The van der Waals surface area contributed by atoms with Gasteiger partial charge in [0.25, 0.3) is 0 Å². The summed E-state index contributed by atoms with van der Waals surface area (Å²) in [5.41, 5.74) is 1.31. The van der Waals surface area contributed by atoms with E-state index in [9.17, 15) is 0 Å². The summed E-state index contributed by atoms with van der Waals surface area (Å²) in [7, 11) is 4.30. The van der Waals surface area contributed by atoms with Crippen molar-refractivity contribution in [2.45, 2.75) is 117 Å². The SMILES string of the molecule is C=C(CC(CC/C=C/CCCCC)C(CCCC)CCCCCC)N(C)C. The Morgan fingerprint density at radius 3 is 1.93 bits per heavy atom. The van der Waals surface area contributed by atoms with Crippen molar-refractivity contribution < 1.29 is 0 Å². The van der Waals surface area contributed by atoms with Gasteiger partial charge in [-0.3, -0.25) is 0 Å². The maximum absolute atomic E-state index is 4.35. The number of hydrogen-bond acceptors (Lipinski definition) is 1. The van der Waals surface area contributed by atoms with E-state index in [2.05, 4.69) is 58.5 Å². The zero-order valence-corrected chi connectivity index (χ0v) is 19.6. The Bertz CT molecular complexity index is 355. The Morgan fingerprint density at radius 1 is 0.704 bits per heavy atom. The lowest BCUT2D eigenvalue weighted by molar-refractivity contribution is 0.250. The van der Waals surface area contributed by atoms with E-state index in [4.69, 9.17) is 0 Å². The van der Waals surface area contributed by atoms with Crippen LogP contribution in [0.3, 0.4) is 0 Å².